The van der Waals surface area contributed by atoms with Crippen molar-refractivity contribution in [3.05, 3.63) is 90.8 Å². The Labute approximate surface area is 233 Å². The number of methoxy groups -OCH3 is 1. The van der Waals surface area contributed by atoms with E-state index in [4.69, 9.17) is 27.9 Å². The first-order valence-corrected chi connectivity index (χ1v) is 12.8. The molecule has 7 nitrogen and oxygen atoms in total. The second-order valence-electron chi connectivity index (χ2n) is 8.54. The normalized spacial score (nSPS) is 11.8. The lowest BCUT2D eigenvalue weighted by Gasteiger charge is -2.18. The minimum absolute atomic E-state index is 0.0289. The molecule has 4 heterocycles. The maximum absolute atomic E-state index is 13.9. The van der Waals surface area contributed by atoms with Crippen molar-refractivity contribution in [2.45, 2.75) is 19.6 Å². The molecule has 0 bridgehead atoms. The Hall–Kier alpha value is -3.67. The van der Waals surface area contributed by atoms with Crippen LogP contribution in [0.2, 0.25) is 9.49 Å². The first-order valence-electron chi connectivity index (χ1n) is 11.3. The number of rotatable bonds is 5. The number of thiazole rings is 1. The van der Waals surface area contributed by atoms with Gasteiger partial charge in [-0.15, -0.1) is 11.3 Å². The molecule has 0 saturated heterocycles. The van der Waals surface area contributed by atoms with Crippen LogP contribution in [-0.4, -0.2) is 21.5 Å². The lowest BCUT2D eigenvalue weighted by Crippen LogP contribution is -2.44. The second-order valence-corrected chi connectivity index (χ2v) is 10.6. The van der Waals surface area contributed by atoms with Crippen LogP contribution in [-0.2, 0) is 12.7 Å². The summed E-state index contributed by atoms with van der Waals surface area (Å²) < 4.78 is 48.0. The molecule has 4 aromatic heterocycles. The van der Waals surface area contributed by atoms with Gasteiger partial charge in [0.15, 0.2) is 4.47 Å². The zero-order chi connectivity index (χ0) is 28.1. The number of hydrogen-bond acceptors (Lipinski definition) is 6. The van der Waals surface area contributed by atoms with Gasteiger partial charge in [-0.1, -0.05) is 23.2 Å². The van der Waals surface area contributed by atoms with Gasteiger partial charge in [0.2, 0.25) is 0 Å². The van der Waals surface area contributed by atoms with Gasteiger partial charge in [-0.3, -0.25) is 4.98 Å². The zero-order valence-electron chi connectivity index (χ0n) is 20.2. The SMILES string of the molecule is COc1cc(-c2ncc(C(F)(F)F)cc2Cl)cc(-c2c([O-])[n+](Cc3cnc(Cl)s3)c3c(C)cccn3c2=O)c1. The fourth-order valence-corrected chi connectivity index (χ4v) is 5.51. The summed E-state index contributed by atoms with van der Waals surface area (Å²) in [6.45, 7) is 1.89. The first kappa shape index (κ1) is 26.9. The fraction of sp³-hybridized carbons (Fsp3) is 0.154. The monoisotopic (exact) mass is 592 g/mol. The molecule has 1 aromatic carbocycles. The second kappa shape index (κ2) is 10.1. The quantitative estimate of drug-likeness (QED) is 0.250. The molecule has 0 aliphatic carbocycles. The number of benzene rings is 1. The van der Waals surface area contributed by atoms with E-state index in [0.29, 0.717) is 26.8 Å². The highest BCUT2D eigenvalue weighted by atomic mass is 35.5. The van der Waals surface area contributed by atoms with Crippen LogP contribution in [0.5, 0.6) is 11.6 Å². The van der Waals surface area contributed by atoms with Gasteiger partial charge >= 0.3 is 11.7 Å². The maximum atomic E-state index is 13.9. The van der Waals surface area contributed by atoms with E-state index in [0.717, 1.165) is 6.07 Å². The van der Waals surface area contributed by atoms with Gasteiger partial charge in [0, 0.05) is 23.5 Å². The van der Waals surface area contributed by atoms with Crippen molar-refractivity contribution in [2.24, 2.45) is 0 Å². The number of nitrogens with zero attached hydrogens (tertiary/aromatic N) is 4. The summed E-state index contributed by atoms with van der Waals surface area (Å²) in [7, 11) is 1.38. The third kappa shape index (κ3) is 5.05. The molecule has 0 atom stereocenters. The van der Waals surface area contributed by atoms with Crippen LogP contribution >= 0.6 is 34.5 Å². The summed E-state index contributed by atoms with van der Waals surface area (Å²) in [5.74, 6) is -0.335. The Morgan fingerprint density at radius 1 is 1.13 bits per heavy atom. The molecule has 200 valence electrons. The molecule has 13 heteroatoms. The Morgan fingerprint density at radius 3 is 2.51 bits per heavy atom. The summed E-state index contributed by atoms with van der Waals surface area (Å²) in [6.07, 6.45) is -0.846. The number of hydrogen-bond donors (Lipinski definition) is 0. The highest BCUT2D eigenvalue weighted by molar-refractivity contribution is 7.15. The minimum atomic E-state index is -4.62. The summed E-state index contributed by atoms with van der Waals surface area (Å²) >= 11 is 13.4. The summed E-state index contributed by atoms with van der Waals surface area (Å²) in [5, 5.41) is 13.7. The van der Waals surface area contributed by atoms with E-state index < -0.39 is 23.2 Å². The number of aromatic nitrogens is 4. The van der Waals surface area contributed by atoms with Crippen molar-refractivity contribution in [1.29, 1.82) is 0 Å². The van der Waals surface area contributed by atoms with E-state index in [1.807, 2.05) is 0 Å². The minimum Gasteiger partial charge on any atom is -0.842 e. The highest BCUT2D eigenvalue weighted by Crippen LogP contribution is 2.37. The molecule has 5 aromatic rings. The summed E-state index contributed by atoms with van der Waals surface area (Å²) in [5.41, 5.74) is -0.187. The first-order chi connectivity index (χ1) is 18.5. The summed E-state index contributed by atoms with van der Waals surface area (Å²) in [6, 6.07) is 8.71. The lowest BCUT2D eigenvalue weighted by molar-refractivity contribution is -0.707. The van der Waals surface area contributed by atoms with Crippen LogP contribution in [0.3, 0.4) is 0 Å². The molecule has 0 fully saturated rings. The Bertz CT molecular complexity index is 1800. The average molecular weight is 593 g/mol. The van der Waals surface area contributed by atoms with Crippen LogP contribution < -0.4 is 20.0 Å². The summed E-state index contributed by atoms with van der Waals surface area (Å²) in [4.78, 5) is 22.3. The Balaban J connectivity index is 1.76. The van der Waals surface area contributed by atoms with E-state index in [1.165, 1.54) is 45.6 Å². The Kier molecular flexibility index (Phi) is 7.00. The van der Waals surface area contributed by atoms with E-state index in [2.05, 4.69) is 9.97 Å². The maximum Gasteiger partial charge on any atom is 0.417 e. The van der Waals surface area contributed by atoms with Crippen LogP contribution in [0.15, 0.2) is 59.8 Å². The molecule has 5 rings (SSSR count). The van der Waals surface area contributed by atoms with Gasteiger partial charge in [-0.25, -0.2) is 14.3 Å². The molecule has 0 saturated carbocycles. The number of halogens is 5. The third-order valence-electron chi connectivity index (χ3n) is 6.02. The van der Waals surface area contributed by atoms with Gasteiger partial charge in [-0.2, -0.15) is 17.6 Å². The fourth-order valence-electron chi connectivity index (χ4n) is 4.27. The largest absolute Gasteiger partial charge is 0.842 e. The molecular formula is C26H17Cl2F3N4O3S. The van der Waals surface area contributed by atoms with Crippen LogP contribution in [0.25, 0.3) is 28.0 Å². The zero-order valence-corrected chi connectivity index (χ0v) is 22.5. The van der Waals surface area contributed by atoms with Crippen molar-refractivity contribution in [1.82, 2.24) is 14.4 Å². The molecule has 39 heavy (non-hydrogen) atoms. The molecule has 0 aliphatic heterocycles. The van der Waals surface area contributed by atoms with Crippen LogP contribution in [0.4, 0.5) is 13.2 Å². The molecule has 0 N–H and O–H groups in total. The highest BCUT2D eigenvalue weighted by Gasteiger charge is 2.32. The van der Waals surface area contributed by atoms with Crippen LogP contribution in [0, 0.1) is 6.92 Å². The predicted octanol–water partition coefficient (Wildman–Crippen LogP) is 5.54. The van der Waals surface area contributed by atoms with E-state index >= 15 is 0 Å². The molecular weight excluding hydrogens is 576 g/mol. The molecule has 0 unspecified atom stereocenters. The Morgan fingerprint density at radius 2 is 1.87 bits per heavy atom. The topological polar surface area (TPSA) is 83.4 Å². The predicted molar refractivity (Wildman–Crippen MR) is 140 cm³/mol. The third-order valence-corrected chi connectivity index (χ3v) is 7.41. The number of fused-ring (bicyclic) bond motifs is 1. The van der Waals surface area contributed by atoms with Crippen LogP contribution in [0.1, 0.15) is 16.0 Å². The van der Waals surface area contributed by atoms with Crippen molar-refractivity contribution in [2.75, 3.05) is 7.11 Å². The number of pyridine rings is 2. The number of alkyl halides is 3. The molecule has 0 spiro atoms. The molecule has 0 radical (unpaired) electrons. The number of ether oxygens (including phenoxy) is 1. The van der Waals surface area contributed by atoms with Gasteiger partial charge in [-0.05, 0) is 48.9 Å². The van der Waals surface area contributed by atoms with Crippen molar-refractivity contribution < 1.29 is 27.6 Å². The molecule has 0 amide bonds. The van der Waals surface area contributed by atoms with E-state index in [1.54, 1.807) is 31.5 Å². The van der Waals surface area contributed by atoms with Gasteiger partial charge in [0.05, 0.1) is 40.3 Å². The molecule has 0 aliphatic rings. The smallest absolute Gasteiger partial charge is 0.417 e. The van der Waals surface area contributed by atoms with Gasteiger partial charge in [0.25, 0.3) is 5.65 Å². The van der Waals surface area contributed by atoms with E-state index in [-0.39, 0.29) is 39.7 Å². The van der Waals surface area contributed by atoms with Crippen molar-refractivity contribution in [3.8, 4) is 34.0 Å². The van der Waals surface area contributed by atoms with Crippen molar-refractivity contribution >= 4 is 40.2 Å². The lowest BCUT2D eigenvalue weighted by atomic mass is 10.0. The van der Waals surface area contributed by atoms with E-state index in [9.17, 15) is 23.1 Å². The van der Waals surface area contributed by atoms with Gasteiger partial charge < -0.3 is 9.84 Å². The average Bonchev–Trinajstić information content (AvgIpc) is 3.30. The van der Waals surface area contributed by atoms with Gasteiger partial charge in [0.1, 0.15) is 17.9 Å². The van der Waals surface area contributed by atoms with Crippen molar-refractivity contribution in [3.63, 3.8) is 0 Å². The standard InChI is InChI=1S/C26H17Cl2F3N4O3S/c1-13-4-3-5-34-22(13)35(12-18-11-33-25(28)39-18)24(37)20(23(34)36)14-6-15(8-17(7-14)38-2)21-19(27)9-16(10-32-21)26(29,30)31/h3-11H,12H2,1-2H3. The number of aryl methyl sites for hydroxylation is 1.